The predicted molar refractivity (Wildman–Crippen MR) is 71.9 cm³/mol. The largest absolute Gasteiger partial charge is 0.480 e. The number of nitrogens with one attached hydrogen (secondary N) is 2. The molecule has 0 saturated carbocycles. The van der Waals surface area contributed by atoms with Gasteiger partial charge in [-0.25, -0.2) is 9.59 Å². The SMILES string of the molecule is Cc1ccc(Cl)c(NC(=O)NC(CO)C(=O)O)c1Cl. The number of aliphatic hydroxyl groups is 1. The summed E-state index contributed by atoms with van der Waals surface area (Å²) in [6, 6.07) is 1.01. The summed E-state index contributed by atoms with van der Waals surface area (Å²) in [5.74, 6) is -1.35. The molecule has 19 heavy (non-hydrogen) atoms. The first kappa shape index (κ1) is 15.6. The van der Waals surface area contributed by atoms with Crippen molar-refractivity contribution in [2.75, 3.05) is 11.9 Å². The molecule has 1 unspecified atom stereocenters. The van der Waals surface area contributed by atoms with Crippen LogP contribution in [0.1, 0.15) is 5.56 Å². The Morgan fingerprint density at radius 2 is 2.00 bits per heavy atom. The van der Waals surface area contributed by atoms with Crippen LogP contribution in [0.5, 0.6) is 0 Å². The maximum Gasteiger partial charge on any atom is 0.328 e. The summed E-state index contributed by atoms with van der Waals surface area (Å²) in [6.45, 7) is 1.01. The number of aliphatic hydroxyl groups excluding tert-OH is 1. The van der Waals surface area contributed by atoms with E-state index in [9.17, 15) is 9.59 Å². The van der Waals surface area contributed by atoms with Gasteiger partial charge in [0, 0.05) is 0 Å². The van der Waals surface area contributed by atoms with Crippen LogP contribution in [0.4, 0.5) is 10.5 Å². The number of hydrogen-bond donors (Lipinski definition) is 4. The number of amides is 2. The van der Waals surface area contributed by atoms with Crippen LogP contribution in [0, 0.1) is 6.92 Å². The Kier molecular flexibility index (Phi) is 5.41. The van der Waals surface area contributed by atoms with E-state index in [4.69, 9.17) is 33.4 Å². The predicted octanol–water partition coefficient (Wildman–Crippen LogP) is 1.87. The van der Waals surface area contributed by atoms with Crippen molar-refractivity contribution in [1.82, 2.24) is 5.32 Å². The fourth-order valence-electron chi connectivity index (χ4n) is 1.26. The van der Waals surface area contributed by atoms with Crippen LogP contribution in [-0.2, 0) is 4.79 Å². The first-order valence-electron chi connectivity index (χ1n) is 5.22. The minimum absolute atomic E-state index is 0.183. The first-order valence-corrected chi connectivity index (χ1v) is 5.98. The molecular weight excluding hydrogens is 295 g/mol. The third-order valence-electron chi connectivity index (χ3n) is 2.31. The summed E-state index contributed by atoms with van der Waals surface area (Å²) < 4.78 is 0. The molecule has 6 nitrogen and oxygen atoms in total. The number of carbonyl (C=O) groups is 2. The number of hydrogen-bond acceptors (Lipinski definition) is 3. The van der Waals surface area contributed by atoms with Crippen LogP contribution in [0.15, 0.2) is 12.1 Å². The highest BCUT2D eigenvalue weighted by Crippen LogP contribution is 2.32. The third kappa shape index (κ3) is 3.99. The van der Waals surface area contributed by atoms with Gasteiger partial charge in [-0.3, -0.25) is 0 Å². The lowest BCUT2D eigenvalue weighted by Gasteiger charge is -2.15. The van der Waals surface area contributed by atoms with Crippen LogP contribution in [0.2, 0.25) is 10.0 Å². The van der Waals surface area contributed by atoms with Crippen molar-refractivity contribution in [1.29, 1.82) is 0 Å². The Hall–Kier alpha value is -1.50. The van der Waals surface area contributed by atoms with Crippen LogP contribution < -0.4 is 10.6 Å². The first-order chi connectivity index (χ1) is 8.86. The molecular formula is C11H12Cl2N2O4. The second-order valence-corrected chi connectivity index (χ2v) is 4.51. The van der Waals surface area contributed by atoms with Gasteiger partial charge in [-0.05, 0) is 18.6 Å². The number of aryl methyl sites for hydroxylation is 1. The maximum absolute atomic E-state index is 11.6. The molecule has 0 spiro atoms. The lowest BCUT2D eigenvalue weighted by atomic mass is 10.2. The number of halogens is 2. The smallest absolute Gasteiger partial charge is 0.328 e. The number of carboxylic acid groups (broad SMARTS) is 1. The van der Waals surface area contributed by atoms with Crippen molar-refractivity contribution in [3.63, 3.8) is 0 Å². The van der Waals surface area contributed by atoms with Gasteiger partial charge in [-0.2, -0.15) is 0 Å². The lowest BCUT2D eigenvalue weighted by molar-refractivity contribution is -0.140. The van der Waals surface area contributed by atoms with Crippen molar-refractivity contribution in [3.05, 3.63) is 27.7 Å². The Bertz CT molecular complexity index is 508. The fourth-order valence-corrected chi connectivity index (χ4v) is 1.73. The Labute approximate surface area is 119 Å². The van der Waals surface area contributed by atoms with E-state index >= 15 is 0 Å². The summed E-state index contributed by atoms with van der Waals surface area (Å²) >= 11 is 11.9. The van der Waals surface area contributed by atoms with E-state index in [1.165, 1.54) is 0 Å². The van der Waals surface area contributed by atoms with Crippen molar-refractivity contribution < 1.29 is 19.8 Å². The van der Waals surface area contributed by atoms with E-state index in [1.54, 1.807) is 19.1 Å². The molecule has 8 heteroatoms. The molecule has 0 radical (unpaired) electrons. The molecule has 0 aromatic heterocycles. The molecule has 1 aromatic carbocycles. The molecule has 0 aliphatic heterocycles. The number of rotatable bonds is 4. The summed E-state index contributed by atoms with van der Waals surface area (Å²) in [7, 11) is 0. The van der Waals surface area contributed by atoms with Gasteiger partial charge in [0.25, 0.3) is 0 Å². The van der Waals surface area contributed by atoms with Gasteiger partial charge < -0.3 is 20.8 Å². The maximum atomic E-state index is 11.6. The Balaban J connectivity index is 2.83. The zero-order valence-electron chi connectivity index (χ0n) is 9.91. The van der Waals surface area contributed by atoms with Crippen molar-refractivity contribution in [3.8, 4) is 0 Å². The molecule has 0 fully saturated rings. The fraction of sp³-hybridized carbons (Fsp3) is 0.273. The molecule has 0 saturated heterocycles. The summed E-state index contributed by atoms with van der Waals surface area (Å²) in [5, 5.41) is 22.4. The van der Waals surface area contributed by atoms with Gasteiger partial charge in [-0.15, -0.1) is 0 Å². The lowest BCUT2D eigenvalue weighted by Crippen LogP contribution is -2.45. The number of carbonyl (C=O) groups excluding carboxylic acids is 1. The van der Waals surface area contributed by atoms with Gasteiger partial charge in [0.2, 0.25) is 0 Å². The zero-order chi connectivity index (χ0) is 14.6. The molecule has 1 rings (SSSR count). The Morgan fingerprint density at radius 3 is 2.53 bits per heavy atom. The molecule has 1 aromatic rings. The topological polar surface area (TPSA) is 98.7 Å². The van der Waals surface area contributed by atoms with Gasteiger partial charge in [0.05, 0.1) is 22.3 Å². The molecule has 2 amide bonds. The van der Waals surface area contributed by atoms with Crippen LogP contribution in [-0.4, -0.2) is 34.9 Å². The molecule has 0 aliphatic rings. The quantitative estimate of drug-likeness (QED) is 0.682. The minimum atomic E-state index is -1.40. The summed E-state index contributed by atoms with van der Waals surface area (Å²) in [4.78, 5) is 22.2. The standard InChI is InChI=1S/C11H12Cl2N2O4/c1-5-2-3-6(12)9(8(5)13)15-11(19)14-7(4-16)10(17)18/h2-3,7,16H,4H2,1H3,(H,17,18)(H2,14,15,19). The molecule has 0 heterocycles. The molecule has 1 atom stereocenters. The highest BCUT2D eigenvalue weighted by atomic mass is 35.5. The van der Waals surface area contributed by atoms with Crippen LogP contribution in [0.3, 0.4) is 0 Å². The number of anilines is 1. The Morgan fingerprint density at radius 1 is 1.37 bits per heavy atom. The number of benzene rings is 1. The minimum Gasteiger partial charge on any atom is -0.480 e. The normalized spacial score (nSPS) is 11.8. The molecule has 104 valence electrons. The van der Waals surface area contributed by atoms with E-state index in [2.05, 4.69) is 10.6 Å². The summed E-state index contributed by atoms with van der Waals surface area (Å²) in [6.07, 6.45) is 0. The van der Waals surface area contributed by atoms with Gasteiger partial charge in [0.1, 0.15) is 0 Å². The molecule has 4 N–H and O–H groups in total. The summed E-state index contributed by atoms with van der Waals surface area (Å²) in [5.41, 5.74) is 0.890. The van der Waals surface area contributed by atoms with E-state index in [0.29, 0.717) is 5.56 Å². The average molecular weight is 307 g/mol. The zero-order valence-corrected chi connectivity index (χ0v) is 11.4. The van der Waals surface area contributed by atoms with Crippen molar-refractivity contribution in [2.45, 2.75) is 13.0 Å². The number of aliphatic carboxylic acids is 1. The average Bonchev–Trinajstić information content (AvgIpc) is 2.36. The second kappa shape index (κ2) is 6.60. The van der Waals surface area contributed by atoms with E-state index in [-0.39, 0.29) is 15.7 Å². The third-order valence-corrected chi connectivity index (χ3v) is 3.11. The second-order valence-electron chi connectivity index (χ2n) is 3.73. The number of urea groups is 1. The van der Waals surface area contributed by atoms with Crippen molar-refractivity contribution in [2.24, 2.45) is 0 Å². The van der Waals surface area contributed by atoms with E-state index < -0.39 is 24.6 Å². The van der Waals surface area contributed by atoms with Gasteiger partial charge >= 0.3 is 12.0 Å². The molecule has 0 aliphatic carbocycles. The van der Waals surface area contributed by atoms with E-state index in [0.717, 1.165) is 0 Å². The van der Waals surface area contributed by atoms with E-state index in [1.807, 2.05) is 0 Å². The van der Waals surface area contributed by atoms with Gasteiger partial charge in [-0.1, -0.05) is 29.3 Å². The van der Waals surface area contributed by atoms with Crippen LogP contribution >= 0.6 is 23.2 Å². The van der Waals surface area contributed by atoms with Gasteiger partial charge in [0.15, 0.2) is 6.04 Å². The highest BCUT2D eigenvalue weighted by molar-refractivity contribution is 6.40. The monoisotopic (exact) mass is 306 g/mol. The number of carboxylic acids is 1. The highest BCUT2D eigenvalue weighted by Gasteiger charge is 2.20. The van der Waals surface area contributed by atoms with Crippen molar-refractivity contribution >= 4 is 40.9 Å². The molecule has 0 bridgehead atoms. The van der Waals surface area contributed by atoms with Crippen LogP contribution in [0.25, 0.3) is 0 Å².